The Morgan fingerprint density at radius 1 is 1.41 bits per heavy atom. The first-order valence-electron chi connectivity index (χ1n) is 8.83. The first kappa shape index (κ1) is 17.9. The minimum atomic E-state index is -0.946. The van der Waals surface area contributed by atoms with Crippen LogP contribution in [0.25, 0.3) is 0 Å². The molecule has 142 valence electrons. The van der Waals surface area contributed by atoms with E-state index in [1.807, 2.05) is 4.90 Å². The van der Waals surface area contributed by atoms with Crippen LogP contribution in [0.2, 0.25) is 0 Å². The number of hydrogen-bond donors (Lipinski definition) is 3. The number of nitrogens with two attached hydrogens (primary N) is 1. The summed E-state index contributed by atoms with van der Waals surface area (Å²) < 4.78 is 0. The lowest BCUT2D eigenvalue weighted by molar-refractivity contribution is -0.144. The van der Waals surface area contributed by atoms with Gasteiger partial charge >= 0.3 is 5.97 Å². The molecule has 1 unspecified atom stereocenters. The van der Waals surface area contributed by atoms with Gasteiger partial charge in [0.25, 0.3) is 0 Å². The van der Waals surface area contributed by atoms with Crippen molar-refractivity contribution in [2.45, 2.75) is 43.1 Å². The van der Waals surface area contributed by atoms with E-state index < -0.39 is 54.2 Å². The Kier molecular flexibility index (Phi) is 3.96. The Balaban J connectivity index is 1.87. The van der Waals surface area contributed by atoms with Gasteiger partial charge in [-0.2, -0.15) is 5.26 Å². The number of allylic oxidation sites excluding steroid dienone is 2. The number of nitrogens with zero attached hydrogens (tertiary/aromatic N) is 3. The van der Waals surface area contributed by atoms with Crippen LogP contribution in [0.5, 0.6) is 0 Å². The van der Waals surface area contributed by atoms with Crippen LogP contribution in [0.1, 0.15) is 12.8 Å². The number of fused-ring (bicyclic) bond motifs is 4. The van der Waals surface area contributed by atoms with Crippen LogP contribution in [-0.4, -0.2) is 81.4 Å². The zero-order valence-corrected chi connectivity index (χ0v) is 14.7. The van der Waals surface area contributed by atoms with Crippen molar-refractivity contribution in [1.82, 2.24) is 9.80 Å². The summed E-state index contributed by atoms with van der Waals surface area (Å²) in [5, 5.41) is 29.5. The zero-order valence-electron chi connectivity index (χ0n) is 14.7. The average Bonchev–Trinajstić information content (AvgIpc) is 2.88. The summed E-state index contributed by atoms with van der Waals surface area (Å²) in [6.45, 7) is -0.443. The van der Waals surface area contributed by atoms with Gasteiger partial charge in [0.1, 0.15) is 6.04 Å². The summed E-state index contributed by atoms with van der Waals surface area (Å²) in [6.07, 6.45) is 1.51. The highest BCUT2D eigenvalue weighted by atomic mass is 16.4. The third kappa shape index (κ3) is 2.24. The van der Waals surface area contributed by atoms with Gasteiger partial charge in [-0.1, -0.05) is 0 Å². The predicted octanol–water partition coefficient (Wildman–Crippen LogP) is -1.61. The number of aliphatic hydroxyl groups excluding tert-OH is 1. The SMILES string of the molecule is CN1[C@@H]2[C@H](C(=O)O)C[C@H]1C(C#N)N1[C@@H](CO)C3=C(C[C@@H]21)C(=O)C(N)=CC3=O. The van der Waals surface area contributed by atoms with Crippen molar-refractivity contribution in [3.8, 4) is 6.07 Å². The Labute approximate surface area is 155 Å². The van der Waals surface area contributed by atoms with Gasteiger partial charge in [-0.25, -0.2) is 0 Å². The maximum absolute atomic E-state index is 12.6. The maximum Gasteiger partial charge on any atom is 0.308 e. The molecule has 6 atom stereocenters. The lowest BCUT2D eigenvalue weighted by Gasteiger charge is -2.54. The van der Waals surface area contributed by atoms with Crippen molar-refractivity contribution < 1.29 is 24.6 Å². The van der Waals surface area contributed by atoms with E-state index in [0.717, 1.165) is 6.08 Å². The van der Waals surface area contributed by atoms with Crippen LogP contribution in [0.4, 0.5) is 0 Å². The van der Waals surface area contributed by atoms with E-state index in [9.17, 15) is 29.9 Å². The van der Waals surface area contributed by atoms with Gasteiger partial charge in [-0.15, -0.1) is 0 Å². The molecule has 27 heavy (non-hydrogen) atoms. The number of carboxylic acid groups (broad SMARTS) is 1. The lowest BCUT2D eigenvalue weighted by atomic mass is 9.76. The van der Waals surface area contributed by atoms with Crippen molar-refractivity contribution in [1.29, 1.82) is 5.26 Å². The van der Waals surface area contributed by atoms with Crippen molar-refractivity contribution in [2.75, 3.05) is 13.7 Å². The number of carboxylic acids is 1. The molecule has 0 aromatic heterocycles. The van der Waals surface area contributed by atoms with E-state index in [4.69, 9.17) is 5.73 Å². The highest BCUT2D eigenvalue weighted by molar-refractivity contribution is 6.23. The number of aliphatic carboxylic acids is 1. The van der Waals surface area contributed by atoms with Crippen LogP contribution in [0.3, 0.4) is 0 Å². The summed E-state index contributed by atoms with van der Waals surface area (Å²) in [5.41, 5.74) is 5.96. The number of piperazine rings is 1. The molecule has 0 saturated carbocycles. The first-order chi connectivity index (χ1) is 12.8. The summed E-state index contributed by atoms with van der Waals surface area (Å²) in [7, 11) is 1.79. The van der Waals surface area contributed by atoms with Crippen LogP contribution in [0, 0.1) is 17.2 Å². The Hall–Kier alpha value is -2.54. The van der Waals surface area contributed by atoms with Crippen molar-refractivity contribution >= 4 is 17.5 Å². The smallest absolute Gasteiger partial charge is 0.308 e. The third-order valence-corrected chi connectivity index (χ3v) is 6.51. The van der Waals surface area contributed by atoms with Crippen molar-refractivity contribution in [3.05, 3.63) is 22.9 Å². The molecule has 2 saturated heterocycles. The van der Waals surface area contributed by atoms with E-state index in [0.29, 0.717) is 6.42 Å². The van der Waals surface area contributed by atoms with E-state index in [1.54, 1.807) is 11.9 Å². The molecule has 2 fully saturated rings. The molecule has 9 heteroatoms. The number of carbonyl (C=O) groups excluding carboxylic acids is 2. The molecule has 4 N–H and O–H groups in total. The predicted molar refractivity (Wildman–Crippen MR) is 90.9 cm³/mol. The lowest BCUT2D eigenvalue weighted by Crippen LogP contribution is -2.69. The molecular formula is C18H20N4O5. The molecule has 3 aliphatic heterocycles. The number of nitriles is 1. The fourth-order valence-corrected chi connectivity index (χ4v) is 5.44. The molecule has 0 aromatic rings. The largest absolute Gasteiger partial charge is 0.481 e. The van der Waals surface area contributed by atoms with Gasteiger partial charge < -0.3 is 15.9 Å². The van der Waals surface area contributed by atoms with Gasteiger partial charge in [-0.05, 0) is 19.9 Å². The molecular weight excluding hydrogens is 352 g/mol. The van der Waals surface area contributed by atoms with E-state index in [2.05, 4.69) is 6.07 Å². The van der Waals surface area contributed by atoms with Gasteiger partial charge in [0.2, 0.25) is 5.78 Å². The van der Waals surface area contributed by atoms with E-state index >= 15 is 0 Å². The Morgan fingerprint density at radius 2 is 2.11 bits per heavy atom. The molecule has 0 aromatic carbocycles. The van der Waals surface area contributed by atoms with Gasteiger partial charge in [0.15, 0.2) is 5.78 Å². The third-order valence-electron chi connectivity index (χ3n) is 6.51. The number of rotatable bonds is 2. The highest BCUT2D eigenvalue weighted by Gasteiger charge is 2.60. The molecule has 4 rings (SSSR count). The fraction of sp³-hybridized carbons (Fsp3) is 0.556. The molecule has 1 aliphatic carbocycles. The number of likely N-dealkylation sites (N-methyl/N-ethyl adjacent to an activating group) is 1. The molecule has 9 nitrogen and oxygen atoms in total. The first-order valence-corrected chi connectivity index (χ1v) is 8.83. The van der Waals surface area contributed by atoms with Crippen LogP contribution < -0.4 is 5.73 Å². The molecule has 4 aliphatic rings. The summed E-state index contributed by atoms with van der Waals surface area (Å²) in [5.74, 6) is -2.52. The minimum Gasteiger partial charge on any atom is -0.481 e. The normalized spacial score (nSPS) is 38.9. The maximum atomic E-state index is 12.6. The second kappa shape index (κ2) is 5.99. The van der Waals surface area contributed by atoms with Crippen LogP contribution in [0.15, 0.2) is 22.9 Å². The second-order valence-corrected chi connectivity index (χ2v) is 7.58. The number of Topliss-reactive ketones (excluding diaryl/α,β-unsaturated/α-hetero) is 1. The standard InChI is InChI=1S/C18H20N4O5/c1-21-10-3-8(18(26)27)16(21)11-2-7-15(14(24)4-9(20)17(7)25)13(6-23)22(11)12(10)5-19/h4,8,10-13,16,23H,2-3,6,20H2,1H3,(H,26,27)/t8-,10+,11+,12?,13+,16-/m1/s1. The molecule has 2 bridgehead atoms. The second-order valence-electron chi connectivity index (χ2n) is 7.58. The van der Waals surface area contributed by atoms with Crippen molar-refractivity contribution in [2.24, 2.45) is 11.7 Å². The summed E-state index contributed by atoms with van der Waals surface area (Å²) in [6, 6.07) is -0.481. The van der Waals surface area contributed by atoms with E-state index in [1.165, 1.54) is 0 Å². The summed E-state index contributed by atoms with van der Waals surface area (Å²) >= 11 is 0. The number of ketones is 2. The molecule has 0 radical (unpaired) electrons. The topological polar surface area (TPSA) is 148 Å². The monoisotopic (exact) mass is 372 g/mol. The highest BCUT2D eigenvalue weighted by Crippen LogP contribution is 2.47. The van der Waals surface area contributed by atoms with Crippen molar-refractivity contribution in [3.63, 3.8) is 0 Å². The van der Waals surface area contributed by atoms with Crippen LogP contribution >= 0.6 is 0 Å². The number of aliphatic hydroxyl groups is 1. The van der Waals surface area contributed by atoms with Gasteiger partial charge in [-0.3, -0.25) is 24.2 Å². The number of carbonyl (C=O) groups is 3. The molecule has 3 heterocycles. The van der Waals surface area contributed by atoms with Crippen LogP contribution in [-0.2, 0) is 14.4 Å². The number of hydrogen-bond acceptors (Lipinski definition) is 8. The molecule has 0 amide bonds. The zero-order chi connectivity index (χ0) is 19.6. The van der Waals surface area contributed by atoms with Gasteiger partial charge in [0, 0.05) is 35.3 Å². The quantitative estimate of drug-likeness (QED) is 0.487. The fourth-order valence-electron chi connectivity index (χ4n) is 5.44. The van der Waals surface area contributed by atoms with Gasteiger partial charge in [0.05, 0.1) is 30.3 Å². The molecule has 0 spiro atoms. The average molecular weight is 372 g/mol. The van der Waals surface area contributed by atoms with E-state index in [-0.39, 0.29) is 29.3 Å². The minimum absolute atomic E-state index is 0.134. The Morgan fingerprint density at radius 3 is 2.70 bits per heavy atom. The Bertz CT molecular complexity index is 856. The summed E-state index contributed by atoms with van der Waals surface area (Å²) in [4.78, 5) is 40.6.